The zero-order valence-corrected chi connectivity index (χ0v) is 16.3. The molecule has 2 atom stereocenters. The van der Waals surface area contributed by atoms with Gasteiger partial charge in [0.25, 0.3) is 0 Å². The average Bonchev–Trinajstić information content (AvgIpc) is 3.01. The van der Waals surface area contributed by atoms with Gasteiger partial charge in [-0.05, 0) is 30.7 Å². The molecule has 1 aromatic rings. The summed E-state index contributed by atoms with van der Waals surface area (Å²) in [4.78, 5) is 27.1. The van der Waals surface area contributed by atoms with E-state index in [-0.39, 0.29) is 17.3 Å². The molecule has 1 amide bonds. The first kappa shape index (κ1) is 19.8. The fraction of sp³-hybridized carbons (Fsp3) is 0.600. The van der Waals surface area contributed by atoms with E-state index in [2.05, 4.69) is 13.8 Å². The lowest BCUT2D eigenvalue weighted by Gasteiger charge is -2.29. The maximum atomic E-state index is 12.9. The van der Waals surface area contributed by atoms with Crippen LogP contribution in [0.15, 0.2) is 30.3 Å². The third-order valence-electron chi connectivity index (χ3n) is 4.24. The van der Waals surface area contributed by atoms with Crippen molar-refractivity contribution < 1.29 is 14.3 Å². The topological polar surface area (TPSA) is 46.6 Å². The Morgan fingerprint density at radius 2 is 2.00 bits per heavy atom. The van der Waals surface area contributed by atoms with Gasteiger partial charge in [-0.3, -0.25) is 4.79 Å². The number of thioether (sulfide) groups is 1. The molecule has 1 fully saturated rings. The van der Waals surface area contributed by atoms with Crippen molar-refractivity contribution in [2.75, 3.05) is 12.4 Å². The maximum Gasteiger partial charge on any atom is 0.329 e. The number of rotatable bonds is 8. The number of nitrogens with zero attached hydrogens (tertiary/aromatic N) is 1. The molecule has 2 rings (SSSR count). The van der Waals surface area contributed by atoms with Crippen molar-refractivity contribution in [1.82, 2.24) is 4.90 Å². The van der Waals surface area contributed by atoms with E-state index in [9.17, 15) is 9.59 Å². The summed E-state index contributed by atoms with van der Waals surface area (Å²) in [5.74, 6) is 0.913. The van der Waals surface area contributed by atoms with Gasteiger partial charge >= 0.3 is 5.97 Å². The predicted octanol–water partition coefficient (Wildman–Crippen LogP) is 3.89. The first-order chi connectivity index (χ1) is 12.0. The number of benzene rings is 1. The first-order valence-corrected chi connectivity index (χ1v) is 10.2. The van der Waals surface area contributed by atoms with Crippen LogP contribution >= 0.6 is 11.8 Å². The highest BCUT2D eigenvalue weighted by molar-refractivity contribution is 8.00. The number of carbonyl (C=O) groups is 2. The highest BCUT2D eigenvalue weighted by Crippen LogP contribution is 2.34. The average molecular weight is 364 g/mol. The van der Waals surface area contributed by atoms with Crippen molar-refractivity contribution in [2.24, 2.45) is 5.92 Å². The van der Waals surface area contributed by atoms with Gasteiger partial charge in [-0.25, -0.2) is 4.79 Å². The molecule has 0 unspecified atom stereocenters. The van der Waals surface area contributed by atoms with E-state index < -0.39 is 6.04 Å². The molecule has 138 valence electrons. The van der Waals surface area contributed by atoms with Crippen molar-refractivity contribution in [3.05, 3.63) is 35.9 Å². The molecule has 4 nitrogen and oxygen atoms in total. The van der Waals surface area contributed by atoms with Crippen LogP contribution in [0.2, 0.25) is 0 Å². The molecule has 1 heterocycles. The second-order valence-electron chi connectivity index (χ2n) is 6.89. The molecule has 0 N–H and O–H groups in total. The summed E-state index contributed by atoms with van der Waals surface area (Å²) < 4.78 is 5.33. The Hall–Kier alpha value is -1.49. The van der Waals surface area contributed by atoms with Gasteiger partial charge in [0.15, 0.2) is 0 Å². The monoisotopic (exact) mass is 363 g/mol. The number of hydrogen-bond acceptors (Lipinski definition) is 4. The van der Waals surface area contributed by atoms with Crippen LogP contribution in [-0.2, 0) is 20.7 Å². The highest BCUT2D eigenvalue weighted by Gasteiger charge is 2.42. The Morgan fingerprint density at radius 1 is 1.28 bits per heavy atom. The first-order valence-electron chi connectivity index (χ1n) is 9.16. The highest BCUT2D eigenvalue weighted by atomic mass is 32.2. The molecule has 0 aliphatic carbocycles. The van der Waals surface area contributed by atoms with Gasteiger partial charge < -0.3 is 9.64 Å². The molecule has 5 heteroatoms. The zero-order valence-electron chi connectivity index (χ0n) is 15.4. The molecule has 1 aliphatic rings. The summed E-state index contributed by atoms with van der Waals surface area (Å²) in [6, 6.07) is 9.56. The third-order valence-corrected chi connectivity index (χ3v) is 5.56. The smallest absolute Gasteiger partial charge is 0.329 e. The Bertz CT molecular complexity index is 561. The summed E-state index contributed by atoms with van der Waals surface area (Å²) in [6.07, 6.45) is 2.82. The molecule has 0 radical (unpaired) electrons. The van der Waals surface area contributed by atoms with E-state index in [4.69, 9.17) is 4.74 Å². The van der Waals surface area contributed by atoms with Crippen LogP contribution in [0.3, 0.4) is 0 Å². The lowest BCUT2D eigenvalue weighted by molar-refractivity contribution is -0.154. The third kappa shape index (κ3) is 5.77. The van der Waals surface area contributed by atoms with Crippen molar-refractivity contribution in [2.45, 2.75) is 57.9 Å². The zero-order chi connectivity index (χ0) is 18.2. The second-order valence-corrected chi connectivity index (χ2v) is 8.10. The summed E-state index contributed by atoms with van der Waals surface area (Å²) in [6.45, 7) is 6.69. The number of amides is 1. The number of hydrogen-bond donors (Lipinski definition) is 0. The molecule has 25 heavy (non-hydrogen) atoms. The van der Waals surface area contributed by atoms with Crippen LogP contribution in [0.25, 0.3) is 0 Å². The van der Waals surface area contributed by atoms with Gasteiger partial charge in [-0.15, -0.1) is 11.8 Å². The molecule has 0 saturated carbocycles. The van der Waals surface area contributed by atoms with Gasteiger partial charge in [0.1, 0.15) is 6.04 Å². The van der Waals surface area contributed by atoms with Crippen LogP contribution in [0, 0.1) is 5.92 Å². The van der Waals surface area contributed by atoms with Crippen LogP contribution in [0.1, 0.15) is 45.6 Å². The number of aryl methyl sites for hydroxylation is 1. The predicted molar refractivity (Wildman–Crippen MR) is 102 cm³/mol. The van der Waals surface area contributed by atoms with Gasteiger partial charge in [0.2, 0.25) is 5.91 Å². The van der Waals surface area contributed by atoms with E-state index >= 15 is 0 Å². The molecule has 1 aromatic carbocycles. The number of esters is 1. The van der Waals surface area contributed by atoms with Crippen LogP contribution < -0.4 is 0 Å². The van der Waals surface area contributed by atoms with Crippen LogP contribution in [0.4, 0.5) is 0 Å². The molecule has 0 aromatic heterocycles. The number of carbonyl (C=O) groups excluding carboxylic acids is 2. The quantitative estimate of drug-likeness (QED) is 0.658. The van der Waals surface area contributed by atoms with Crippen molar-refractivity contribution >= 4 is 23.6 Å². The molecule has 1 saturated heterocycles. The normalized spacial score (nSPS) is 20.1. The SMILES string of the molecule is CCCOC(=O)[C@H]1CS[C@@H](CC(C)C)N1C(=O)CCc1ccccc1. The lowest BCUT2D eigenvalue weighted by Crippen LogP contribution is -2.46. The van der Waals surface area contributed by atoms with Gasteiger partial charge in [-0.1, -0.05) is 51.1 Å². The lowest BCUT2D eigenvalue weighted by atomic mass is 10.1. The Morgan fingerprint density at radius 3 is 2.64 bits per heavy atom. The van der Waals surface area contributed by atoms with E-state index in [1.807, 2.05) is 37.3 Å². The van der Waals surface area contributed by atoms with Crippen LogP contribution in [-0.4, -0.2) is 40.6 Å². The molecule has 0 spiro atoms. The largest absolute Gasteiger partial charge is 0.464 e. The Balaban J connectivity index is 2.04. The van der Waals surface area contributed by atoms with E-state index in [1.54, 1.807) is 16.7 Å². The molecule has 0 bridgehead atoms. The van der Waals surface area contributed by atoms with E-state index in [0.717, 1.165) is 18.4 Å². The molecular weight excluding hydrogens is 334 g/mol. The van der Waals surface area contributed by atoms with Crippen molar-refractivity contribution in [1.29, 1.82) is 0 Å². The Labute approximate surface area is 155 Å². The maximum absolute atomic E-state index is 12.9. The Kier molecular flexibility index (Phi) is 7.82. The molecular formula is C20H29NO3S. The van der Waals surface area contributed by atoms with E-state index in [0.29, 0.717) is 31.1 Å². The van der Waals surface area contributed by atoms with E-state index in [1.165, 1.54) is 0 Å². The fourth-order valence-electron chi connectivity index (χ4n) is 2.99. The summed E-state index contributed by atoms with van der Waals surface area (Å²) in [7, 11) is 0. The summed E-state index contributed by atoms with van der Waals surface area (Å²) in [5, 5.41) is 0.0717. The number of ether oxygens (including phenoxy) is 1. The fourth-order valence-corrected chi connectivity index (χ4v) is 4.64. The van der Waals surface area contributed by atoms with Gasteiger partial charge in [0.05, 0.1) is 12.0 Å². The minimum absolute atomic E-state index is 0.0537. The standard InChI is InChI=1S/C20H29NO3S/c1-4-12-24-20(23)17-14-25-19(13-15(2)3)21(17)18(22)11-10-16-8-6-5-7-9-16/h5-9,15,17,19H,4,10-14H2,1-3H3/t17-,19+/m1/s1. The van der Waals surface area contributed by atoms with Crippen molar-refractivity contribution in [3.63, 3.8) is 0 Å². The minimum atomic E-state index is -0.441. The van der Waals surface area contributed by atoms with Crippen molar-refractivity contribution in [3.8, 4) is 0 Å². The summed E-state index contributed by atoms with van der Waals surface area (Å²) in [5.41, 5.74) is 1.15. The second kappa shape index (κ2) is 9.85. The summed E-state index contributed by atoms with van der Waals surface area (Å²) >= 11 is 1.70. The minimum Gasteiger partial charge on any atom is -0.464 e. The van der Waals surface area contributed by atoms with Crippen LogP contribution in [0.5, 0.6) is 0 Å². The molecule has 1 aliphatic heterocycles. The van der Waals surface area contributed by atoms with Gasteiger partial charge in [0, 0.05) is 12.2 Å². The van der Waals surface area contributed by atoms with Gasteiger partial charge in [-0.2, -0.15) is 0 Å².